The molecule has 0 spiro atoms. The number of amides is 2. The minimum atomic E-state index is -0.409. The van der Waals surface area contributed by atoms with Gasteiger partial charge in [-0.15, -0.1) is 0 Å². The number of hydrogen-bond donors (Lipinski definition) is 2. The zero-order chi connectivity index (χ0) is 11.7. The van der Waals surface area contributed by atoms with E-state index in [1.807, 2.05) is 0 Å². The molecule has 0 unspecified atom stereocenters. The van der Waals surface area contributed by atoms with Gasteiger partial charge in [-0.25, -0.2) is 4.79 Å². The molecule has 1 fully saturated rings. The third kappa shape index (κ3) is 2.58. The fourth-order valence-electron chi connectivity index (χ4n) is 1.45. The first-order chi connectivity index (χ1) is 7.54. The van der Waals surface area contributed by atoms with Crippen LogP contribution in [-0.4, -0.2) is 35.2 Å². The molecule has 6 heteroatoms. The van der Waals surface area contributed by atoms with Gasteiger partial charge in [-0.05, 0) is 18.2 Å². The Morgan fingerprint density at radius 2 is 1.88 bits per heavy atom. The second-order valence-corrected chi connectivity index (χ2v) is 4.52. The molecule has 0 aliphatic carbocycles. The summed E-state index contributed by atoms with van der Waals surface area (Å²) in [7, 11) is 0. The minimum Gasteiger partial charge on any atom is -0.389 e. The Kier molecular flexibility index (Phi) is 3.23. The van der Waals surface area contributed by atoms with Crippen LogP contribution in [0.25, 0.3) is 0 Å². The van der Waals surface area contributed by atoms with Crippen molar-refractivity contribution < 1.29 is 9.90 Å². The van der Waals surface area contributed by atoms with Crippen molar-refractivity contribution in [3.63, 3.8) is 0 Å². The van der Waals surface area contributed by atoms with Gasteiger partial charge in [0, 0.05) is 15.7 Å². The summed E-state index contributed by atoms with van der Waals surface area (Å²) in [6.07, 6.45) is -0.409. The molecule has 0 radical (unpaired) electrons. The molecule has 4 nitrogen and oxygen atoms in total. The summed E-state index contributed by atoms with van der Waals surface area (Å²) in [6.45, 7) is 0.722. The van der Waals surface area contributed by atoms with E-state index in [9.17, 15) is 4.79 Å². The van der Waals surface area contributed by atoms with Crippen LogP contribution in [0.4, 0.5) is 10.5 Å². The second kappa shape index (κ2) is 4.49. The Labute approximate surface area is 103 Å². The van der Waals surface area contributed by atoms with Crippen molar-refractivity contribution in [3.8, 4) is 0 Å². The number of β-amino-alcohol motifs (C(OH)–C–C–N with tert-alkyl or cyclic N) is 1. The van der Waals surface area contributed by atoms with E-state index in [2.05, 4.69) is 5.32 Å². The summed E-state index contributed by atoms with van der Waals surface area (Å²) >= 11 is 11.6. The van der Waals surface area contributed by atoms with Gasteiger partial charge in [0.05, 0.1) is 19.2 Å². The van der Waals surface area contributed by atoms with Crippen molar-refractivity contribution in [2.75, 3.05) is 18.4 Å². The predicted molar refractivity (Wildman–Crippen MR) is 63.1 cm³/mol. The van der Waals surface area contributed by atoms with Crippen LogP contribution in [0.2, 0.25) is 10.0 Å². The Morgan fingerprint density at radius 3 is 2.38 bits per heavy atom. The highest BCUT2D eigenvalue weighted by atomic mass is 35.5. The molecule has 2 amide bonds. The number of carbonyl (C=O) groups excluding carboxylic acids is 1. The third-order valence-electron chi connectivity index (χ3n) is 2.26. The third-order valence-corrected chi connectivity index (χ3v) is 2.70. The molecular weight excluding hydrogens is 251 g/mol. The van der Waals surface area contributed by atoms with Gasteiger partial charge in [0.2, 0.25) is 0 Å². The maximum atomic E-state index is 11.6. The van der Waals surface area contributed by atoms with Gasteiger partial charge in [-0.1, -0.05) is 23.2 Å². The summed E-state index contributed by atoms with van der Waals surface area (Å²) < 4.78 is 0. The largest absolute Gasteiger partial charge is 0.389 e. The zero-order valence-electron chi connectivity index (χ0n) is 8.28. The second-order valence-electron chi connectivity index (χ2n) is 3.65. The number of halogens is 2. The van der Waals surface area contributed by atoms with Crippen LogP contribution in [-0.2, 0) is 0 Å². The van der Waals surface area contributed by atoms with Crippen molar-refractivity contribution in [2.45, 2.75) is 6.10 Å². The molecule has 0 atom stereocenters. The molecule has 16 heavy (non-hydrogen) atoms. The quantitative estimate of drug-likeness (QED) is 0.814. The number of urea groups is 1. The molecule has 2 N–H and O–H groups in total. The van der Waals surface area contributed by atoms with Gasteiger partial charge >= 0.3 is 6.03 Å². The van der Waals surface area contributed by atoms with Crippen molar-refractivity contribution in [1.82, 2.24) is 4.90 Å². The number of likely N-dealkylation sites (tertiary alicyclic amines) is 1. The Hall–Kier alpha value is -0.970. The first-order valence-electron chi connectivity index (χ1n) is 4.74. The van der Waals surface area contributed by atoms with E-state index in [-0.39, 0.29) is 6.03 Å². The highest BCUT2D eigenvalue weighted by Crippen LogP contribution is 2.23. The zero-order valence-corrected chi connectivity index (χ0v) is 9.79. The summed E-state index contributed by atoms with van der Waals surface area (Å²) in [4.78, 5) is 13.1. The van der Waals surface area contributed by atoms with Gasteiger partial charge in [0.25, 0.3) is 0 Å². The summed E-state index contributed by atoms with van der Waals surface area (Å²) in [5.41, 5.74) is 0.545. The minimum absolute atomic E-state index is 0.261. The van der Waals surface area contributed by atoms with Gasteiger partial charge in [0.15, 0.2) is 0 Å². The number of rotatable bonds is 1. The molecule has 1 saturated heterocycles. The Balaban J connectivity index is 2.00. The fourth-order valence-corrected chi connectivity index (χ4v) is 1.98. The van der Waals surface area contributed by atoms with Crippen LogP contribution in [0.5, 0.6) is 0 Å². The van der Waals surface area contributed by atoms with Gasteiger partial charge in [-0.2, -0.15) is 0 Å². The lowest BCUT2D eigenvalue weighted by molar-refractivity contribution is 0.0309. The van der Waals surface area contributed by atoms with E-state index in [1.165, 1.54) is 4.90 Å². The Morgan fingerprint density at radius 1 is 1.31 bits per heavy atom. The molecule has 86 valence electrons. The number of hydrogen-bond acceptors (Lipinski definition) is 2. The van der Waals surface area contributed by atoms with Crippen LogP contribution in [0.1, 0.15) is 0 Å². The van der Waals surface area contributed by atoms with E-state index in [0.717, 1.165) is 0 Å². The normalized spacial score (nSPS) is 15.8. The molecule has 1 aromatic carbocycles. The number of carbonyl (C=O) groups is 1. The van der Waals surface area contributed by atoms with Crippen molar-refractivity contribution in [2.24, 2.45) is 0 Å². The number of anilines is 1. The molecule has 1 aromatic rings. The smallest absolute Gasteiger partial charge is 0.322 e. The SMILES string of the molecule is O=C(Nc1cc(Cl)cc(Cl)c1)N1CC(O)C1. The highest BCUT2D eigenvalue weighted by Gasteiger charge is 2.28. The van der Waals surface area contributed by atoms with Crippen molar-refractivity contribution in [1.29, 1.82) is 0 Å². The van der Waals surface area contributed by atoms with E-state index in [1.54, 1.807) is 18.2 Å². The van der Waals surface area contributed by atoms with Gasteiger partial charge in [0.1, 0.15) is 0 Å². The number of nitrogens with zero attached hydrogens (tertiary/aromatic N) is 1. The lowest BCUT2D eigenvalue weighted by Crippen LogP contribution is -2.54. The summed E-state index contributed by atoms with van der Waals surface area (Å²) in [6, 6.07) is 4.55. The number of benzene rings is 1. The summed E-state index contributed by atoms with van der Waals surface area (Å²) in [5, 5.41) is 12.6. The average Bonchev–Trinajstić information content (AvgIpc) is 2.10. The standard InChI is InChI=1S/C10H10Cl2N2O2/c11-6-1-7(12)3-8(2-6)13-10(16)14-4-9(15)5-14/h1-3,9,15H,4-5H2,(H,13,16). The maximum absolute atomic E-state index is 11.6. The molecular formula is C10H10Cl2N2O2. The number of nitrogens with one attached hydrogen (secondary N) is 1. The van der Waals surface area contributed by atoms with Crippen molar-refractivity contribution >= 4 is 34.9 Å². The van der Waals surface area contributed by atoms with Crippen LogP contribution in [0.15, 0.2) is 18.2 Å². The molecule has 0 aromatic heterocycles. The highest BCUT2D eigenvalue weighted by molar-refractivity contribution is 6.35. The van der Waals surface area contributed by atoms with E-state index in [0.29, 0.717) is 28.8 Å². The molecule has 0 bridgehead atoms. The van der Waals surface area contributed by atoms with E-state index in [4.69, 9.17) is 28.3 Å². The van der Waals surface area contributed by atoms with Crippen LogP contribution < -0.4 is 5.32 Å². The van der Waals surface area contributed by atoms with Crippen LogP contribution in [0, 0.1) is 0 Å². The molecule has 1 aliphatic rings. The predicted octanol–water partition coefficient (Wildman–Crippen LogP) is 2.20. The van der Waals surface area contributed by atoms with Crippen LogP contribution in [0.3, 0.4) is 0 Å². The first-order valence-corrected chi connectivity index (χ1v) is 5.50. The molecule has 1 aliphatic heterocycles. The molecule has 0 saturated carbocycles. The topological polar surface area (TPSA) is 52.6 Å². The van der Waals surface area contributed by atoms with Crippen molar-refractivity contribution in [3.05, 3.63) is 28.2 Å². The van der Waals surface area contributed by atoms with E-state index < -0.39 is 6.10 Å². The van der Waals surface area contributed by atoms with Gasteiger partial charge in [-0.3, -0.25) is 0 Å². The lowest BCUT2D eigenvalue weighted by atomic mass is 10.2. The van der Waals surface area contributed by atoms with Crippen LogP contribution >= 0.6 is 23.2 Å². The van der Waals surface area contributed by atoms with Gasteiger partial charge < -0.3 is 15.3 Å². The van der Waals surface area contributed by atoms with E-state index >= 15 is 0 Å². The monoisotopic (exact) mass is 260 g/mol. The molecule has 2 rings (SSSR count). The summed E-state index contributed by atoms with van der Waals surface area (Å²) in [5.74, 6) is 0. The number of aliphatic hydroxyl groups is 1. The number of aliphatic hydroxyl groups excluding tert-OH is 1. The maximum Gasteiger partial charge on any atom is 0.322 e. The fraction of sp³-hybridized carbons (Fsp3) is 0.300. The lowest BCUT2D eigenvalue weighted by Gasteiger charge is -2.35. The Bertz CT molecular complexity index is 399. The first kappa shape index (κ1) is 11.5. The average molecular weight is 261 g/mol. The molecule has 1 heterocycles.